The van der Waals surface area contributed by atoms with Crippen molar-refractivity contribution in [1.29, 1.82) is 5.26 Å². The van der Waals surface area contributed by atoms with Crippen molar-refractivity contribution < 1.29 is 4.79 Å². The van der Waals surface area contributed by atoms with Gasteiger partial charge in [-0.15, -0.1) is 0 Å². The van der Waals surface area contributed by atoms with Gasteiger partial charge >= 0.3 is 0 Å². The number of fused-ring (bicyclic) bond motifs is 1. The van der Waals surface area contributed by atoms with Gasteiger partial charge in [-0.25, -0.2) is 0 Å². The molecule has 1 aromatic rings. The van der Waals surface area contributed by atoms with Crippen LogP contribution in [0.4, 0.5) is 0 Å². The zero-order chi connectivity index (χ0) is 17.3. The smallest absolute Gasteiger partial charge is 0.251 e. The van der Waals surface area contributed by atoms with Crippen molar-refractivity contribution in [3.63, 3.8) is 0 Å². The standard InChI is InChI=1S/C19H26N4O/c1-11(2)18-13(10-20)5-4-6-15(18)19(24)21-14-7-8-17-16(9-14)12(3)22-23-17/h4-6,11-12,14,16-17,22-23H,7-9H2,1-3H3,(H,21,24). The van der Waals surface area contributed by atoms with Gasteiger partial charge in [0.15, 0.2) is 0 Å². The number of benzene rings is 1. The van der Waals surface area contributed by atoms with Gasteiger partial charge in [0.1, 0.15) is 0 Å². The molecule has 0 bridgehead atoms. The molecule has 1 saturated carbocycles. The van der Waals surface area contributed by atoms with E-state index in [9.17, 15) is 10.1 Å². The van der Waals surface area contributed by atoms with Crippen LogP contribution in [-0.2, 0) is 0 Å². The highest BCUT2D eigenvalue weighted by Gasteiger charge is 2.38. The summed E-state index contributed by atoms with van der Waals surface area (Å²) in [6, 6.07) is 8.78. The van der Waals surface area contributed by atoms with Crippen LogP contribution in [0.25, 0.3) is 0 Å². The molecule has 0 aromatic heterocycles. The fourth-order valence-corrected chi connectivity index (χ4v) is 4.16. The number of hydrogen-bond donors (Lipinski definition) is 3. The van der Waals surface area contributed by atoms with Gasteiger partial charge in [0.25, 0.3) is 5.91 Å². The fourth-order valence-electron chi connectivity index (χ4n) is 4.16. The van der Waals surface area contributed by atoms with Gasteiger partial charge in [0.05, 0.1) is 11.6 Å². The number of nitrogens with zero attached hydrogens (tertiary/aromatic N) is 1. The summed E-state index contributed by atoms with van der Waals surface area (Å²) in [4.78, 5) is 12.8. The number of carbonyl (C=O) groups excluding carboxylic acids is 1. The second-order valence-corrected chi connectivity index (χ2v) is 7.36. The Morgan fingerprint density at radius 2 is 2.12 bits per heavy atom. The summed E-state index contributed by atoms with van der Waals surface area (Å²) in [5, 5.41) is 12.5. The minimum Gasteiger partial charge on any atom is -0.349 e. The number of nitriles is 1. The predicted molar refractivity (Wildman–Crippen MR) is 93.4 cm³/mol. The zero-order valence-corrected chi connectivity index (χ0v) is 14.6. The highest BCUT2D eigenvalue weighted by molar-refractivity contribution is 5.96. The van der Waals surface area contributed by atoms with Crippen LogP contribution in [0.15, 0.2) is 18.2 Å². The fraction of sp³-hybridized carbons (Fsp3) is 0.579. The third-order valence-corrected chi connectivity index (χ3v) is 5.42. The Hall–Kier alpha value is -1.90. The molecule has 3 N–H and O–H groups in total. The Kier molecular flexibility index (Phi) is 4.88. The van der Waals surface area contributed by atoms with Crippen molar-refractivity contribution >= 4 is 5.91 Å². The average molecular weight is 326 g/mol. The summed E-state index contributed by atoms with van der Waals surface area (Å²) in [5.41, 5.74) is 8.75. The molecule has 4 unspecified atom stereocenters. The number of hydrazine groups is 1. The van der Waals surface area contributed by atoms with Crippen LogP contribution >= 0.6 is 0 Å². The maximum Gasteiger partial charge on any atom is 0.251 e. The third-order valence-electron chi connectivity index (χ3n) is 5.42. The van der Waals surface area contributed by atoms with E-state index in [1.807, 2.05) is 19.9 Å². The molecule has 1 aromatic carbocycles. The van der Waals surface area contributed by atoms with E-state index in [-0.39, 0.29) is 17.9 Å². The van der Waals surface area contributed by atoms with E-state index in [0.717, 1.165) is 24.8 Å². The predicted octanol–water partition coefficient (Wildman–Crippen LogP) is 2.45. The highest BCUT2D eigenvalue weighted by Crippen LogP contribution is 2.31. The maximum absolute atomic E-state index is 12.8. The van der Waals surface area contributed by atoms with Gasteiger partial charge < -0.3 is 5.32 Å². The van der Waals surface area contributed by atoms with Crippen LogP contribution in [0.2, 0.25) is 0 Å². The lowest BCUT2D eigenvalue weighted by molar-refractivity contribution is 0.0914. The number of carbonyl (C=O) groups is 1. The Balaban J connectivity index is 1.75. The first kappa shape index (κ1) is 16.9. The lowest BCUT2D eigenvalue weighted by Crippen LogP contribution is -2.44. The molecular weight excluding hydrogens is 300 g/mol. The monoisotopic (exact) mass is 326 g/mol. The first-order valence-corrected chi connectivity index (χ1v) is 8.86. The summed E-state index contributed by atoms with van der Waals surface area (Å²) >= 11 is 0. The Morgan fingerprint density at radius 1 is 1.33 bits per heavy atom. The normalized spacial score (nSPS) is 29.1. The van der Waals surface area contributed by atoms with Crippen molar-refractivity contribution in [2.75, 3.05) is 0 Å². The van der Waals surface area contributed by atoms with Crippen LogP contribution in [-0.4, -0.2) is 24.0 Å². The number of hydrogen-bond acceptors (Lipinski definition) is 4. The molecule has 0 radical (unpaired) electrons. The minimum absolute atomic E-state index is 0.0502. The van der Waals surface area contributed by atoms with Crippen LogP contribution in [0, 0.1) is 17.2 Å². The molecule has 1 aliphatic carbocycles. The molecule has 1 aliphatic heterocycles. The van der Waals surface area contributed by atoms with Gasteiger partial charge in [-0.3, -0.25) is 15.6 Å². The zero-order valence-electron chi connectivity index (χ0n) is 14.6. The van der Waals surface area contributed by atoms with Crippen molar-refractivity contribution in [3.8, 4) is 6.07 Å². The van der Waals surface area contributed by atoms with Crippen molar-refractivity contribution in [2.24, 2.45) is 5.92 Å². The first-order valence-electron chi connectivity index (χ1n) is 8.86. The van der Waals surface area contributed by atoms with Gasteiger partial charge in [0.2, 0.25) is 0 Å². The SMILES string of the molecule is CC(C)c1c(C#N)cccc1C(=O)NC1CCC2NNC(C)C2C1. The number of rotatable bonds is 3. The Labute approximate surface area is 143 Å². The van der Waals surface area contributed by atoms with E-state index in [1.165, 1.54) is 0 Å². The summed E-state index contributed by atoms with van der Waals surface area (Å²) < 4.78 is 0. The van der Waals surface area contributed by atoms with Crippen LogP contribution < -0.4 is 16.2 Å². The van der Waals surface area contributed by atoms with Crippen LogP contribution in [0.1, 0.15) is 67.4 Å². The molecule has 2 aliphatic rings. The second-order valence-electron chi connectivity index (χ2n) is 7.36. The van der Waals surface area contributed by atoms with Crippen molar-refractivity contribution in [1.82, 2.24) is 16.2 Å². The molecule has 1 saturated heterocycles. The van der Waals surface area contributed by atoms with Gasteiger partial charge in [-0.1, -0.05) is 19.9 Å². The maximum atomic E-state index is 12.8. The lowest BCUT2D eigenvalue weighted by Gasteiger charge is -2.33. The lowest BCUT2D eigenvalue weighted by atomic mass is 9.79. The number of nitrogens with one attached hydrogen (secondary N) is 3. The van der Waals surface area contributed by atoms with Gasteiger partial charge in [-0.2, -0.15) is 5.26 Å². The molecule has 24 heavy (non-hydrogen) atoms. The number of amides is 1. The molecule has 4 atom stereocenters. The summed E-state index contributed by atoms with van der Waals surface area (Å²) in [7, 11) is 0. The van der Waals surface area contributed by atoms with E-state index >= 15 is 0 Å². The average Bonchev–Trinajstić information content (AvgIpc) is 2.94. The largest absolute Gasteiger partial charge is 0.349 e. The Morgan fingerprint density at radius 3 is 2.83 bits per heavy atom. The summed E-state index contributed by atoms with van der Waals surface area (Å²) in [6.45, 7) is 6.24. The van der Waals surface area contributed by atoms with E-state index in [2.05, 4.69) is 29.2 Å². The van der Waals surface area contributed by atoms with E-state index in [0.29, 0.717) is 29.1 Å². The Bertz CT molecular complexity index is 664. The topological polar surface area (TPSA) is 77.0 Å². The van der Waals surface area contributed by atoms with Crippen molar-refractivity contribution in [2.45, 2.75) is 64.1 Å². The second kappa shape index (κ2) is 6.92. The van der Waals surface area contributed by atoms with Gasteiger partial charge in [-0.05, 0) is 55.7 Å². The highest BCUT2D eigenvalue weighted by atomic mass is 16.1. The van der Waals surface area contributed by atoms with Crippen LogP contribution in [0.3, 0.4) is 0 Å². The minimum atomic E-state index is -0.0502. The van der Waals surface area contributed by atoms with E-state index in [1.54, 1.807) is 12.1 Å². The molecule has 5 nitrogen and oxygen atoms in total. The summed E-state index contributed by atoms with van der Waals surface area (Å²) in [6.07, 6.45) is 3.05. The van der Waals surface area contributed by atoms with Crippen LogP contribution in [0.5, 0.6) is 0 Å². The molecule has 128 valence electrons. The molecule has 2 fully saturated rings. The van der Waals surface area contributed by atoms with E-state index < -0.39 is 0 Å². The first-order chi connectivity index (χ1) is 11.5. The van der Waals surface area contributed by atoms with Gasteiger partial charge in [0, 0.05) is 23.7 Å². The molecule has 1 heterocycles. The van der Waals surface area contributed by atoms with E-state index in [4.69, 9.17) is 0 Å². The molecule has 5 heteroatoms. The molecule has 0 spiro atoms. The quantitative estimate of drug-likeness (QED) is 0.797. The van der Waals surface area contributed by atoms with Crippen molar-refractivity contribution in [3.05, 3.63) is 34.9 Å². The third kappa shape index (κ3) is 3.17. The molecule has 1 amide bonds. The molecular formula is C19H26N4O. The molecule has 3 rings (SSSR count). The summed E-state index contributed by atoms with van der Waals surface area (Å²) in [5.74, 6) is 0.644.